The van der Waals surface area contributed by atoms with Crippen LogP contribution in [0.1, 0.15) is 41.0 Å². The van der Waals surface area contributed by atoms with E-state index in [1.165, 1.54) is 0 Å². The molecular formula is C12H22ClNO4. The molecule has 0 heterocycles. The first-order valence-electron chi connectivity index (χ1n) is 5.84. The fourth-order valence-electron chi connectivity index (χ4n) is 1.15. The number of alkyl halides is 1. The molecule has 0 aliphatic rings. The third-order valence-electron chi connectivity index (χ3n) is 2.48. The fraction of sp³-hybridized carbons (Fsp3) is 0.833. The van der Waals surface area contributed by atoms with Crippen molar-refractivity contribution in [3.63, 3.8) is 0 Å². The predicted molar refractivity (Wildman–Crippen MR) is 69.4 cm³/mol. The molecule has 0 radical (unpaired) electrons. The van der Waals surface area contributed by atoms with Crippen molar-refractivity contribution in [1.29, 1.82) is 0 Å². The van der Waals surface area contributed by atoms with Crippen molar-refractivity contribution in [2.45, 2.75) is 46.6 Å². The van der Waals surface area contributed by atoms with Crippen LogP contribution in [-0.2, 0) is 14.3 Å². The zero-order chi connectivity index (χ0) is 14.4. The van der Waals surface area contributed by atoms with Gasteiger partial charge >= 0.3 is 12.1 Å². The van der Waals surface area contributed by atoms with E-state index in [0.717, 1.165) is 0 Å². The molecule has 0 saturated heterocycles. The van der Waals surface area contributed by atoms with Gasteiger partial charge in [-0.15, -0.1) is 0 Å². The Kier molecular flexibility index (Phi) is 6.46. The van der Waals surface area contributed by atoms with Crippen molar-refractivity contribution >= 4 is 23.7 Å². The summed E-state index contributed by atoms with van der Waals surface area (Å²) in [6, 6.07) is -0.194. The van der Waals surface area contributed by atoms with Crippen LogP contribution < -0.4 is 5.32 Å². The fourth-order valence-corrected chi connectivity index (χ4v) is 1.25. The van der Waals surface area contributed by atoms with Crippen molar-refractivity contribution < 1.29 is 19.1 Å². The molecule has 0 aliphatic carbocycles. The van der Waals surface area contributed by atoms with Crippen LogP contribution in [0, 0.1) is 5.41 Å². The molecule has 5 nitrogen and oxygen atoms in total. The van der Waals surface area contributed by atoms with Crippen LogP contribution in [0.25, 0.3) is 0 Å². The largest absolute Gasteiger partial charge is 0.449 e. The van der Waals surface area contributed by atoms with Gasteiger partial charge in [0.25, 0.3) is 0 Å². The number of ether oxygens (including phenoxy) is 2. The van der Waals surface area contributed by atoms with Crippen LogP contribution in [0.15, 0.2) is 0 Å². The zero-order valence-corrected chi connectivity index (χ0v) is 12.4. The van der Waals surface area contributed by atoms with Gasteiger partial charge in [0.1, 0.15) is 5.60 Å². The van der Waals surface area contributed by atoms with Gasteiger partial charge in [-0.3, -0.25) is 4.79 Å². The summed E-state index contributed by atoms with van der Waals surface area (Å²) < 4.78 is 9.85. The molecule has 1 amide bonds. The van der Waals surface area contributed by atoms with E-state index in [1.807, 2.05) is 6.92 Å². The van der Waals surface area contributed by atoms with Gasteiger partial charge in [-0.1, -0.05) is 18.5 Å². The lowest BCUT2D eigenvalue weighted by Crippen LogP contribution is -2.43. The first kappa shape index (κ1) is 17.0. The van der Waals surface area contributed by atoms with Crippen molar-refractivity contribution in [2.24, 2.45) is 5.41 Å². The monoisotopic (exact) mass is 279 g/mol. The molecule has 1 N–H and O–H groups in total. The molecule has 0 saturated carbocycles. The number of carbonyl (C=O) groups is 2. The standard InChI is InChI=1S/C12H22ClNO4/c1-6-12(5,9(15)17-8-13)7-14-10(16)18-11(2,3)4/h6-8H2,1-5H3,(H,14,16). The molecule has 1 atom stereocenters. The lowest BCUT2D eigenvalue weighted by Gasteiger charge is -2.26. The normalized spacial score (nSPS) is 14.6. The van der Waals surface area contributed by atoms with Crippen molar-refractivity contribution in [2.75, 3.05) is 12.6 Å². The zero-order valence-electron chi connectivity index (χ0n) is 11.6. The molecule has 6 heteroatoms. The van der Waals surface area contributed by atoms with Crippen LogP contribution in [0.3, 0.4) is 0 Å². The number of hydrogen-bond donors (Lipinski definition) is 1. The van der Waals surface area contributed by atoms with Gasteiger partial charge in [0, 0.05) is 6.54 Å². The van der Waals surface area contributed by atoms with E-state index in [4.69, 9.17) is 21.1 Å². The summed E-state index contributed by atoms with van der Waals surface area (Å²) in [7, 11) is 0. The van der Waals surface area contributed by atoms with E-state index < -0.39 is 23.1 Å². The smallest absolute Gasteiger partial charge is 0.407 e. The van der Waals surface area contributed by atoms with Gasteiger partial charge in [-0.2, -0.15) is 0 Å². The Labute approximate surface area is 113 Å². The van der Waals surface area contributed by atoms with Gasteiger partial charge in [0.05, 0.1) is 5.41 Å². The molecule has 0 aromatic carbocycles. The van der Waals surface area contributed by atoms with Crippen LogP contribution in [0.4, 0.5) is 4.79 Å². The molecule has 0 aromatic heterocycles. The van der Waals surface area contributed by atoms with Gasteiger partial charge < -0.3 is 14.8 Å². The van der Waals surface area contributed by atoms with Crippen LogP contribution >= 0.6 is 11.6 Å². The highest BCUT2D eigenvalue weighted by atomic mass is 35.5. The second-order valence-electron chi connectivity index (χ2n) is 5.31. The minimum Gasteiger partial charge on any atom is -0.449 e. The third kappa shape index (κ3) is 6.10. The predicted octanol–water partition coefficient (Wildman–Crippen LogP) is 2.67. The highest BCUT2D eigenvalue weighted by molar-refractivity contribution is 6.17. The van der Waals surface area contributed by atoms with Gasteiger partial charge in [-0.25, -0.2) is 4.79 Å². The summed E-state index contributed by atoms with van der Waals surface area (Å²) in [5.41, 5.74) is -1.37. The van der Waals surface area contributed by atoms with E-state index in [-0.39, 0.29) is 12.6 Å². The maximum absolute atomic E-state index is 11.7. The quantitative estimate of drug-likeness (QED) is 0.621. The number of rotatable bonds is 5. The van der Waals surface area contributed by atoms with Crippen molar-refractivity contribution in [1.82, 2.24) is 5.32 Å². The van der Waals surface area contributed by atoms with Crippen LogP contribution in [0.5, 0.6) is 0 Å². The highest BCUT2D eigenvalue weighted by Crippen LogP contribution is 2.22. The summed E-state index contributed by atoms with van der Waals surface area (Å²) in [4.78, 5) is 23.2. The number of esters is 1. The first-order valence-corrected chi connectivity index (χ1v) is 6.38. The number of carbonyl (C=O) groups excluding carboxylic acids is 2. The maximum atomic E-state index is 11.7. The van der Waals surface area contributed by atoms with E-state index in [2.05, 4.69) is 5.32 Å². The summed E-state index contributed by atoms with van der Waals surface area (Å²) in [6.07, 6.45) is -0.0285. The molecule has 106 valence electrons. The Balaban J connectivity index is 4.38. The maximum Gasteiger partial charge on any atom is 0.407 e. The number of alkyl carbamates (subject to hydrolysis) is 1. The SMILES string of the molecule is CCC(C)(CNC(=O)OC(C)(C)C)C(=O)OCCl. The second-order valence-corrected chi connectivity index (χ2v) is 5.53. The lowest BCUT2D eigenvalue weighted by molar-refractivity contribution is -0.152. The first-order chi connectivity index (χ1) is 8.14. The molecule has 0 bridgehead atoms. The molecule has 0 spiro atoms. The molecule has 18 heavy (non-hydrogen) atoms. The average molecular weight is 280 g/mol. The molecule has 1 unspecified atom stereocenters. The van der Waals surface area contributed by atoms with Crippen LogP contribution in [0.2, 0.25) is 0 Å². The van der Waals surface area contributed by atoms with Gasteiger partial charge in [-0.05, 0) is 34.1 Å². The third-order valence-corrected chi connectivity index (χ3v) is 2.59. The van der Waals surface area contributed by atoms with E-state index in [1.54, 1.807) is 27.7 Å². The molecule has 0 aromatic rings. The minimum atomic E-state index is -0.800. The summed E-state index contributed by atoms with van der Waals surface area (Å²) in [5.74, 6) is -0.434. The highest BCUT2D eigenvalue weighted by Gasteiger charge is 2.34. The Morgan fingerprint density at radius 3 is 2.17 bits per heavy atom. The Morgan fingerprint density at radius 2 is 1.78 bits per heavy atom. The van der Waals surface area contributed by atoms with Crippen molar-refractivity contribution in [3.8, 4) is 0 Å². The minimum absolute atomic E-state index is 0.147. The van der Waals surface area contributed by atoms with Gasteiger partial charge in [0.2, 0.25) is 0 Å². The van der Waals surface area contributed by atoms with Crippen molar-refractivity contribution in [3.05, 3.63) is 0 Å². The van der Waals surface area contributed by atoms with E-state index in [0.29, 0.717) is 6.42 Å². The summed E-state index contributed by atoms with van der Waals surface area (Å²) in [6.45, 7) is 9.01. The molecule has 0 rings (SSSR count). The molecular weight excluding hydrogens is 258 g/mol. The Hall–Kier alpha value is -0.970. The molecule has 0 fully saturated rings. The Bertz CT molecular complexity index is 301. The summed E-state index contributed by atoms with van der Waals surface area (Å²) >= 11 is 5.35. The van der Waals surface area contributed by atoms with Crippen LogP contribution in [-0.4, -0.2) is 30.3 Å². The summed E-state index contributed by atoms with van der Waals surface area (Å²) in [5, 5.41) is 2.56. The lowest BCUT2D eigenvalue weighted by atomic mass is 9.88. The van der Waals surface area contributed by atoms with E-state index >= 15 is 0 Å². The van der Waals surface area contributed by atoms with E-state index in [9.17, 15) is 9.59 Å². The number of halogens is 1. The number of hydrogen-bond acceptors (Lipinski definition) is 4. The Morgan fingerprint density at radius 1 is 1.22 bits per heavy atom. The average Bonchev–Trinajstić information content (AvgIpc) is 2.24. The number of amides is 1. The number of nitrogens with one attached hydrogen (secondary N) is 1. The van der Waals surface area contributed by atoms with Gasteiger partial charge in [0.15, 0.2) is 6.07 Å². The topological polar surface area (TPSA) is 64.6 Å². The molecule has 0 aliphatic heterocycles. The second kappa shape index (κ2) is 6.83.